The van der Waals surface area contributed by atoms with Crippen molar-refractivity contribution in [2.45, 2.75) is 19.9 Å². The van der Waals surface area contributed by atoms with Crippen LogP contribution in [0.1, 0.15) is 25.6 Å². The molecule has 0 radical (unpaired) electrons. The van der Waals surface area contributed by atoms with Gasteiger partial charge in [-0.05, 0) is 32.0 Å². The van der Waals surface area contributed by atoms with Gasteiger partial charge in [-0.25, -0.2) is 17.8 Å². The van der Waals surface area contributed by atoms with Crippen LogP contribution in [0.2, 0.25) is 0 Å². The summed E-state index contributed by atoms with van der Waals surface area (Å²) in [6.07, 6.45) is 4.43. The lowest BCUT2D eigenvalue weighted by Gasteiger charge is -2.10. The molecule has 134 valence electrons. The molecule has 2 aromatic heterocycles. The molecule has 1 N–H and O–H groups in total. The third-order valence-corrected chi connectivity index (χ3v) is 4.56. The monoisotopic (exact) mass is 372 g/mol. The lowest BCUT2D eigenvalue weighted by Crippen LogP contribution is -2.09. The molecule has 8 heteroatoms. The molecule has 0 atom stereocenters. The fourth-order valence-electron chi connectivity index (χ4n) is 2.85. The van der Waals surface area contributed by atoms with Gasteiger partial charge in [-0.2, -0.15) is 5.26 Å². The Balaban J connectivity index is 2.21. The van der Waals surface area contributed by atoms with Gasteiger partial charge in [0.05, 0.1) is 17.5 Å². The lowest BCUT2D eigenvalue weighted by molar-refractivity contribution is 0.606. The molecule has 26 heavy (non-hydrogen) atoms. The van der Waals surface area contributed by atoms with Crippen LogP contribution in [0.3, 0.4) is 0 Å². The highest BCUT2D eigenvalue weighted by Crippen LogP contribution is 2.34. The van der Waals surface area contributed by atoms with E-state index in [2.05, 4.69) is 9.71 Å². The van der Waals surface area contributed by atoms with Crippen LogP contribution < -0.4 is 4.72 Å². The Kier molecular flexibility index (Phi) is 4.42. The molecule has 6 nitrogen and oxygen atoms in total. The van der Waals surface area contributed by atoms with E-state index >= 15 is 0 Å². The van der Waals surface area contributed by atoms with Crippen LogP contribution in [0.25, 0.3) is 22.0 Å². The summed E-state index contributed by atoms with van der Waals surface area (Å²) in [5.74, 6) is -0.675. The van der Waals surface area contributed by atoms with Crippen molar-refractivity contribution in [3.63, 3.8) is 0 Å². The van der Waals surface area contributed by atoms with Crippen LogP contribution in [0.15, 0.2) is 36.7 Å². The van der Waals surface area contributed by atoms with Crippen LogP contribution in [0, 0.1) is 17.1 Å². The van der Waals surface area contributed by atoms with Crippen molar-refractivity contribution < 1.29 is 12.8 Å². The zero-order chi connectivity index (χ0) is 19.1. The van der Waals surface area contributed by atoms with E-state index in [4.69, 9.17) is 5.26 Å². The van der Waals surface area contributed by atoms with Gasteiger partial charge in [-0.3, -0.25) is 4.72 Å². The van der Waals surface area contributed by atoms with Crippen LogP contribution in [-0.2, 0) is 10.0 Å². The number of pyridine rings is 1. The molecular formula is C18H17FN4O2S. The lowest BCUT2D eigenvalue weighted by atomic mass is 10.1. The first-order chi connectivity index (χ1) is 12.2. The molecule has 0 aliphatic rings. The Morgan fingerprint density at radius 2 is 2.04 bits per heavy atom. The van der Waals surface area contributed by atoms with E-state index in [1.165, 1.54) is 12.3 Å². The number of halogens is 1. The van der Waals surface area contributed by atoms with Crippen molar-refractivity contribution in [1.82, 2.24) is 9.55 Å². The van der Waals surface area contributed by atoms with Gasteiger partial charge in [0.2, 0.25) is 10.0 Å². The zero-order valence-corrected chi connectivity index (χ0v) is 15.3. The number of nitrogens with zero attached hydrogens (tertiary/aromatic N) is 3. The van der Waals surface area contributed by atoms with Crippen molar-refractivity contribution in [2.24, 2.45) is 0 Å². The highest BCUT2D eigenvalue weighted by Gasteiger charge is 2.15. The second-order valence-electron chi connectivity index (χ2n) is 6.32. The molecule has 0 spiro atoms. The van der Waals surface area contributed by atoms with E-state index < -0.39 is 15.8 Å². The predicted molar refractivity (Wildman–Crippen MR) is 98.7 cm³/mol. The second-order valence-corrected chi connectivity index (χ2v) is 8.06. The fraction of sp³-hybridized carbons (Fsp3) is 0.222. The SMILES string of the molecule is CC(C)n1cc(-c2cnc(C#N)c(F)c2)c2ccc(NS(C)(=O)=O)cc21. The molecule has 0 saturated carbocycles. The Morgan fingerprint density at radius 1 is 1.31 bits per heavy atom. The Morgan fingerprint density at radius 3 is 2.62 bits per heavy atom. The largest absolute Gasteiger partial charge is 0.344 e. The average Bonchev–Trinajstić information content (AvgIpc) is 2.92. The highest BCUT2D eigenvalue weighted by molar-refractivity contribution is 7.92. The molecule has 0 saturated heterocycles. The van der Waals surface area contributed by atoms with E-state index in [-0.39, 0.29) is 11.7 Å². The van der Waals surface area contributed by atoms with E-state index in [1.807, 2.05) is 24.6 Å². The van der Waals surface area contributed by atoms with Gasteiger partial charge in [-0.1, -0.05) is 6.07 Å². The Labute approximate surface area is 151 Å². The number of anilines is 1. The van der Waals surface area contributed by atoms with Crippen molar-refractivity contribution in [1.29, 1.82) is 5.26 Å². The van der Waals surface area contributed by atoms with Gasteiger partial charge in [0.15, 0.2) is 11.5 Å². The van der Waals surface area contributed by atoms with Crippen molar-refractivity contribution in [3.05, 3.63) is 48.2 Å². The molecule has 3 rings (SSSR count). The number of benzene rings is 1. The van der Waals surface area contributed by atoms with Gasteiger partial charge in [0, 0.05) is 34.9 Å². The maximum absolute atomic E-state index is 14.0. The molecule has 2 heterocycles. The zero-order valence-electron chi connectivity index (χ0n) is 14.5. The number of sulfonamides is 1. The van der Waals surface area contributed by atoms with Gasteiger partial charge in [0.25, 0.3) is 0 Å². The third kappa shape index (κ3) is 3.39. The molecule has 3 aromatic rings. The van der Waals surface area contributed by atoms with Crippen LogP contribution in [0.5, 0.6) is 0 Å². The summed E-state index contributed by atoms with van der Waals surface area (Å²) in [4.78, 5) is 3.86. The summed E-state index contributed by atoms with van der Waals surface area (Å²) < 4.78 is 41.4. The predicted octanol–water partition coefficient (Wildman–Crippen LogP) is 3.67. The third-order valence-electron chi connectivity index (χ3n) is 3.95. The molecule has 0 amide bonds. The summed E-state index contributed by atoms with van der Waals surface area (Å²) in [6, 6.07) is 8.29. The molecule has 0 unspecified atom stereocenters. The minimum Gasteiger partial charge on any atom is -0.344 e. The molecule has 0 aliphatic carbocycles. The minimum absolute atomic E-state index is 0.107. The fourth-order valence-corrected chi connectivity index (χ4v) is 3.41. The van der Waals surface area contributed by atoms with Crippen LogP contribution >= 0.6 is 0 Å². The number of nitriles is 1. The number of aromatic nitrogens is 2. The van der Waals surface area contributed by atoms with E-state index in [0.29, 0.717) is 11.3 Å². The quantitative estimate of drug-likeness (QED) is 0.757. The summed E-state index contributed by atoms with van der Waals surface area (Å²) in [7, 11) is -3.39. The number of rotatable bonds is 4. The second kappa shape index (κ2) is 6.42. The van der Waals surface area contributed by atoms with E-state index in [0.717, 1.165) is 22.7 Å². The maximum atomic E-state index is 14.0. The first kappa shape index (κ1) is 17.9. The van der Waals surface area contributed by atoms with Gasteiger partial charge >= 0.3 is 0 Å². The minimum atomic E-state index is -3.39. The topological polar surface area (TPSA) is 87.8 Å². The number of hydrogen-bond acceptors (Lipinski definition) is 4. The van der Waals surface area contributed by atoms with E-state index in [9.17, 15) is 12.8 Å². The normalized spacial score (nSPS) is 11.7. The number of hydrogen-bond donors (Lipinski definition) is 1. The highest BCUT2D eigenvalue weighted by atomic mass is 32.2. The standard InChI is InChI=1S/C18H17FN4O2S/c1-11(2)23-10-15(12-6-16(19)17(8-20)21-9-12)14-5-4-13(7-18(14)23)22-26(3,24)25/h4-7,9-11,22H,1-3H3. The Hall–Kier alpha value is -2.92. The first-order valence-electron chi connectivity index (χ1n) is 7.88. The van der Waals surface area contributed by atoms with Gasteiger partial charge in [0.1, 0.15) is 6.07 Å². The average molecular weight is 372 g/mol. The molecule has 1 aromatic carbocycles. The summed E-state index contributed by atoms with van der Waals surface area (Å²) in [6.45, 7) is 4.00. The van der Waals surface area contributed by atoms with Crippen LogP contribution in [0.4, 0.5) is 10.1 Å². The molecule has 0 bridgehead atoms. The van der Waals surface area contributed by atoms with Crippen molar-refractivity contribution in [3.8, 4) is 17.2 Å². The molecule has 0 fully saturated rings. The first-order valence-corrected chi connectivity index (χ1v) is 9.77. The Bertz CT molecular complexity index is 1140. The number of fused-ring (bicyclic) bond motifs is 1. The maximum Gasteiger partial charge on any atom is 0.229 e. The molecular weight excluding hydrogens is 355 g/mol. The summed E-state index contributed by atoms with van der Waals surface area (Å²) in [5.41, 5.74) is 2.33. The van der Waals surface area contributed by atoms with E-state index in [1.54, 1.807) is 24.3 Å². The van der Waals surface area contributed by atoms with Crippen LogP contribution in [-0.4, -0.2) is 24.2 Å². The number of nitrogens with one attached hydrogen (secondary N) is 1. The molecule has 0 aliphatic heterocycles. The summed E-state index contributed by atoms with van der Waals surface area (Å²) >= 11 is 0. The van der Waals surface area contributed by atoms with Gasteiger partial charge in [-0.15, -0.1) is 0 Å². The smallest absolute Gasteiger partial charge is 0.229 e. The van der Waals surface area contributed by atoms with Crippen molar-refractivity contribution >= 4 is 26.6 Å². The van der Waals surface area contributed by atoms with Gasteiger partial charge < -0.3 is 4.57 Å². The summed E-state index contributed by atoms with van der Waals surface area (Å²) in [5, 5.41) is 9.68. The van der Waals surface area contributed by atoms with Crippen molar-refractivity contribution in [2.75, 3.05) is 11.0 Å².